The zero-order valence-electron chi connectivity index (χ0n) is 11.1. The van der Waals surface area contributed by atoms with Crippen LogP contribution < -0.4 is 5.32 Å². The highest BCUT2D eigenvalue weighted by molar-refractivity contribution is 5.98. The van der Waals surface area contributed by atoms with E-state index >= 15 is 0 Å². The molecule has 0 aliphatic carbocycles. The zero-order chi connectivity index (χ0) is 13.9. The molecule has 1 aromatic carbocycles. The molecule has 0 aliphatic rings. The summed E-state index contributed by atoms with van der Waals surface area (Å²) < 4.78 is 5.62. The van der Waals surface area contributed by atoms with Gasteiger partial charge in [0, 0.05) is 29.9 Å². The number of hydrogen-bond donors (Lipinski definition) is 1. The minimum absolute atomic E-state index is 0.199. The van der Waals surface area contributed by atoms with Gasteiger partial charge in [-0.05, 0) is 30.7 Å². The van der Waals surface area contributed by atoms with Gasteiger partial charge in [0.1, 0.15) is 5.58 Å². The Bertz CT molecular complexity index is 748. The number of aromatic nitrogens is 1. The van der Waals surface area contributed by atoms with Gasteiger partial charge in [0.05, 0.1) is 0 Å². The number of nitrogens with zero attached hydrogens (tertiary/aromatic N) is 1. The minimum atomic E-state index is -0.199. The number of nitrogens with one attached hydrogen (secondary N) is 1. The first-order chi connectivity index (χ1) is 9.75. The zero-order valence-corrected chi connectivity index (χ0v) is 11.1. The summed E-state index contributed by atoms with van der Waals surface area (Å²) in [6.45, 7) is 2.35. The predicted molar refractivity (Wildman–Crippen MR) is 76.4 cm³/mol. The van der Waals surface area contributed by atoms with Gasteiger partial charge in [0.15, 0.2) is 5.76 Å². The fraction of sp³-hybridized carbons (Fsp3) is 0.125. The summed E-state index contributed by atoms with van der Waals surface area (Å²) in [4.78, 5) is 16.1. The van der Waals surface area contributed by atoms with Gasteiger partial charge in [-0.1, -0.05) is 18.2 Å². The SMILES string of the molecule is Cc1c(C(=O)NCc2ccncc2)oc2ccccc12. The van der Waals surface area contributed by atoms with Crippen LogP contribution in [-0.4, -0.2) is 10.9 Å². The molecule has 1 amide bonds. The summed E-state index contributed by atoms with van der Waals surface area (Å²) in [5, 5.41) is 3.83. The van der Waals surface area contributed by atoms with Gasteiger partial charge in [-0.25, -0.2) is 0 Å². The Labute approximate surface area is 116 Å². The number of rotatable bonds is 3. The molecule has 0 spiro atoms. The van der Waals surface area contributed by atoms with Crippen LogP contribution in [0.4, 0.5) is 0 Å². The van der Waals surface area contributed by atoms with Crippen molar-refractivity contribution >= 4 is 16.9 Å². The topological polar surface area (TPSA) is 55.1 Å². The maximum atomic E-state index is 12.2. The fourth-order valence-corrected chi connectivity index (χ4v) is 2.15. The van der Waals surface area contributed by atoms with E-state index in [-0.39, 0.29) is 5.91 Å². The van der Waals surface area contributed by atoms with Crippen LogP contribution in [-0.2, 0) is 6.54 Å². The molecule has 2 aromatic heterocycles. The maximum absolute atomic E-state index is 12.2. The molecular formula is C16H14N2O2. The highest BCUT2D eigenvalue weighted by atomic mass is 16.3. The third-order valence-corrected chi connectivity index (χ3v) is 3.25. The van der Waals surface area contributed by atoms with E-state index in [0.29, 0.717) is 12.3 Å². The van der Waals surface area contributed by atoms with Gasteiger partial charge >= 0.3 is 0 Å². The van der Waals surface area contributed by atoms with Crippen molar-refractivity contribution in [3.8, 4) is 0 Å². The molecule has 1 N–H and O–H groups in total. The number of para-hydroxylation sites is 1. The number of carbonyl (C=O) groups excluding carboxylic acids is 1. The second-order valence-electron chi connectivity index (χ2n) is 4.59. The van der Waals surface area contributed by atoms with Crippen LogP contribution in [0.3, 0.4) is 0 Å². The molecule has 0 saturated carbocycles. The molecule has 0 aliphatic heterocycles. The largest absolute Gasteiger partial charge is 0.451 e. The average Bonchev–Trinajstić information content (AvgIpc) is 2.84. The van der Waals surface area contributed by atoms with E-state index in [0.717, 1.165) is 22.1 Å². The van der Waals surface area contributed by atoms with E-state index in [9.17, 15) is 4.79 Å². The molecule has 4 nitrogen and oxygen atoms in total. The minimum Gasteiger partial charge on any atom is -0.451 e. The van der Waals surface area contributed by atoms with E-state index in [1.165, 1.54) is 0 Å². The highest BCUT2D eigenvalue weighted by Gasteiger charge is 2.16. The van der Waals surface area contributed by atoms with Crippen LogP contribution in [0.2, 0.25) is 0 Å². The molecule has 2 heterocycles. The van der Waals surface area contributed by atoms with Crippen molar-refractivity contribution in [1.82, 2.24) is 10.3 Å². The molecule has 0 bridgehead atoms. The van der Waals surface area contributed by atoms with Crippen LogP contribution in [0.1, 0.15) is 21.7 Å². The first-order valence-electron chi connectivity index (χ1n) is 6.41. The second-order valence-corrected chi connectivity index (χ2v) is 4.59. The van der Waals surface area contributed by atoms with E-state index in [4.69, 9.17) is 4.42 Å². The summed E-state index contributed by atoms with van der Waals surface area (Å²) in [7, 11) is 0. The molecule has 20 heavy (non-hydrogen) atoms. The quantitative estimate of drug-likeness (QED) is 0.792. The second kappa shape index (κ2) is 5.17. The Morgan fingerprint density at radius 1 is 1.20 bits per heavy atom. The number of furan rings is 1. The fourth-order valence-electron chi connectivity index (χ4n) is 2.15. The summed E-state index contributed by atoms with van der Waals surface area (Å²) in [6.07, 6.45) is 3.40. The summed E-state index contributed by atoms with van der Waals surface area (Å²) in [5.74, 6) is 0.177. The smallest absolute Gasteiger partial charge is 0.287 e. The van der Waals surface area contributed by atoms with Crippen molar-refractivity contribution in [2.75, 3.05) is 0 Å². The monoisotopic (exact) mass is 266 g/mol. The summed E-state index contributed by atoms with van der Waals surface area (Å²) in [6, 6.07) is 11.4. The van der Waals surface area contributed by atoms with Crippen LogP contribution in [0.15, 0.2) is 53.2 Å². The van der Waals surface area contributed by atoms with Crippen molar-refractivity contribution in [2.45, 2.75) is 13.5 Å². The standard InChI is InChI=1S/C16H14N2O2/c1-11-13-4-2-3-5-14(13)20-15(11)16(19)18-10-12-6-8-17-9-7-12/h2-9H,10H2,1H3,(H,18,19). The van der Waals surface area contributed by atoms with Crippen LogP contribution in [0.25, 0.3) is 11.0 Å². The molecule has 0 atom stereocenters. The van der Waals surface area contributed by atoms with E-state index in [1.54, 1.807) is 12.4 Å². The summed E-state index contributed by atoms with van der Waals surface area (Å²) in [5.41, 5.74) is 2.61. The number of hydrogen-bond acceptors (Lipinski definition) is 3. The van der Waals surface area contributed by atoms with Gasteiger partial charge in [-0.3, -0.25) is 9.78 Å². The first kappa shape index (κ1) is 12.4. The molecule has 4 heteroatoms. The third kappa shape index (κ3) is 2.28. The summed E-state index contributed by atoms with van der Waals surface area (Å²) >= 11 is 0. The van der Waals surface area contributed by atoms with Crippen molar-refractivity contribution in [1.29, 1.82) is 0 Å². The number of aryl methyl sites for hydroxylation is 1. The number of fused-ring (bicyclic) bond motifs is 1. The van der Waals surface area contributed by atoms with Crippen molar-refractivity contribution in [3.05, 3.63) is 65.7 Å². The third-order valence-electron chi connectivity index (χ3n) is 3.25. The lowest BCUT2D eigenvalue weighted by molar-refractivity contribution is 0.0924. The average molecular weight is 266 g/mol. The Morgan fingerprint density at radius 2 is 1.95 bits per heavy atom. The molecule has 100 valence electrons. The molecule has 3 aromatic rings. The van der Waals surface area contributed by atoms with Gasteiger partial charge < -0.3 is 9.73 Å². The van der Waals surface area contributed by atoms with Gasteiger partial charge in [-0.2, -0.15) is 0 Å². The number of benzene rings is 1. The lowest BCUT2D eigenvalue weighted by Gasteiger charge is -2.03. The lowest BCUT2D eigenvalue weighted by Crippen LogP contribution is -2.22. The maximum Gasteiger partial charge on any atom is 0.287 e. The van der Waals surface area contributed by atoms with Crippen LogP contribution in [0.5, 0.6) is 0 Å². The lowest BCUT2D eigenvalue weighted by atomic mass is 10.1. The number of pyridine rings is 1. The normalized spacial score (nSPS) is 10.7. The molecular weight excluding hydrogens is 252 g/mol. The van der Waals surface area contributed by atoms with Gasteiger partial charge in [-0.15, -0.1) is 0 Å². The van der Waals surface area contributed by atoms with Crippen molar-refractivity contribution in [3.63, 3.8) is 0 Å². The number of carbonyl (C=O) groups is 1. The van der Waals surface area contributed by atoms with E-state index in [2.05, 4.69) is 10.3 Å². The Morgan fingerprint density at radius 3 is 2.70 bits per heavy atom. The van der Waals surface area contributed by atoms with Gasteiger partial charge in [0.25, 0.3) is 5.91 Å². The first-order valence-corrected chi connectivity index (χ1v) is 6.41. The molecule has 0 fully saturated rings. The van der Waals surface area contributed by atoms with E-state index < -0.39 is 0 Å². The molecule has 0 unspecified atom stereocenters. The van der Waals surface area contributed by atoms with Crippen LogP contribution >= 0.6 is 0 Å². The number of amides is 1. The van der Waals surface area contributed by atoms with Crippen LogP contribution in [0, 0.1) is 6.92 Å². The molecule has 3 rings (SSSR count). The molecule has 0 saturated heterocycles. The highest BCUT2D eigenvalue weighted by Crippen LogP contribution is 2.24. The Kier molecular flexibility index (Phi) is 3.21. The predicted octanol–water partition coefficient (Wildman–Crippen LogP) is 3.07. The van der Waals surface area contributed by atoms with Gasteiger partial charge in [0.2, 0.25) is 0 Å². The van der Waals surface area contributed by atoms with Crippen molar-refractivity contribution < 1.29 is 9.21 Å². The molecule has 0 radical (unpaired) electrons. The van der Waals surface area contributed by atoms with Crippen molar-refractivity contribution in [2.24, 2.45) is 0 Å². The Hall–Kier alpha value is -2.62. The van der Waals surface area contributed by atoms with E-state index in [1.807, 2.05) is 43.3 Å². The Balaban J connectivity index is 1.81.